The van der Waals surface area contributed by atoms with Gasteiger partial charge in [0.05, 0.1) is 11.6 Å². The first-order chi connectivity index (χ1) is 7.53. The number of hydrogen-bond donors (Lipinski definition) is 2. The molecule has 4 nitrogen and oxygen atoms in total. The van der Waals surface area contributed by atoms with E-state index in [-0.39, 0.29) is 17.9 Å². The van der Waals surface area contributed by atoms with Crippen LogP contribution in [0.2, 0.25) is 0 Å². The van der Waals surface area contributed by atoms with Gasteiger partial charge in [0.25, 0.3) is 0 Å². The van der Waals surface area contributed by atoms with Crippen molar-refractivity contribution in [1.29, 1.82) is 0 Å². The largest absolute Gasteiger partial charge is 0.393 e. The number of carbonyl (C=O) groups excluding carboxylic acids is 1. The van der Waals surface area contributed by atoms with Crippen molar-refractivity contribution in [2.75, 3.05) is 13.1 Å². The molecular weight excluding hydrogens is 204 g/mol. The molecule has 0 bridgehead atoms. The lowest BCUT2D eigenvalue weighted by atomic mass is 9.92. The maximum atomic E-state index is 12.3. The van der Waals surface area contributed by atoms with Gasteiger partial charge >= 0.3 is 0 Å². The smallest absolute Gasteiger partial charge is 0.242 e. The van der Waals surface area contributed by atoms with Gasteiger partial charge in [-0.25, -0.2) is 0 Å². The lowest BCUT2D eigenvalue weighted by Crippen LogP contribution is -2.57. The molecule has 0 radical (unpaired) electrons. The number of nitrogens with zero attached hydrogens (tertiary/aromatic N) is 1. The molecule has 2 fully saturated rings. The summed E-state index contributed by atoms with van der Waals surface area (Å²) in [5.74, 6) is 0.270. The molecule has 2 aliphatic rings. The average molecular weight is 226 g/mol. The molecule has 4 heteroatoms. The zero-order valence-corrected chi connectivity index (χ0v) is 9.98. The van der Waals surface area contributed by atoms with Crippen LogP contribution in [0.15, 0.2) is 0 Å². The Kier molecular flexibility index (Phi) is 3.22. The van der Waals surface area contributed by atoms with Crippen molar-refractivity contribution in [3.63, 3.8) is 0 Å². The van der Waals surface area contributed by atoms with Gasteiger partial charge in [-0.1, -0.05) is 19.8 Å². The third-order valence-corrected chi connectivity index (χ3v) is 4.07. The summed E-state index contributed by atoms with van der Waals surface area (Å²) in [5, 5.41) is 9.64. The fourth-order valence-corrected chi connectivity index (χ4v) is 2.85. The van der Waals surface area contributed by atoms with Crippen LogP contribution in [0.5, 0.6) is 0 Å². The van der Waals surface area contributed by atoms with Gasteiger partial charge in [0.2, 0.25) is 5.91 Å². The number of rotatable bonds is 1. The van der Waals surface area contributed by atoms with Gasteiger partial charge in [-0.05, 0) is 25.2 Å². The zero-order valence-electron chi connectivity index (χ0n) is 9.98. The van der Waals surface area contributed by atoms with E-state index in [0.29, 0.717) is 19.5 Å². The first-order valence-corrected chi connectivity index (χ1v) is 6.29. The predicted octanol–water partition coefficient (Wildman–Crippen LogP) is 0.487. The van der Waals surface area contributed by atoms with Crippen molar-refractivity contribution in [1.82, 2.24) is 4.90 Å². The van der Waals surface area contributed by atoms with Gasteiger partial charge in [0.15, 0.2) is 0 Å². The molecule has 0 aromatic rings. The third kappa shape index (κ3) is 2.09. The zero-order chi connectivity index (χ0) is 11.8. The van der Waals surface area contributed by atoms with Crippen LogP contribution in [0.1, 0.15) is 39.0 Å². The second kappa shape index (κ2) is 4.34. The van der Waals surface area contributed by atoms with Crippen molar-refractivity contribution in [2.24, 2.45) is 11.7 Å². The predicted molar refractivity (Wildman–Crippen MR) is 61.8 cm³/mol. The molecule has 2 atom stereocenters. The Morgan fingerprint density at radius 2 is 2.06 bits per heavy atom. The molecule has 16 heavy (non-hydrogen) atoms. The number of carbonyl (C=O) groups is 1. The Labute approximate surface area is 96.8 Å². The SMILES string of the molecule is CC1CN(C(=O)C2(N)CCCC2)CCC1O. The summed E-state index contributed by atoms with van der Waals surface area (Å²) in [7, 11) is 0. The van der Waals surface area contributed by atoms with E-state index in [1.54, 1.807) is 0 Å². The summed E-state index contributed by atoms with van der Waals surface area (Å²) >= 11 is 0. The molecule has 2 unspecified atom stereocenters. The Hall–Kier alpha value is -0.610. The summed E-state index contributed by atoms with van der Waals surface area (Å²) in [6.07, 6.45) is 4.19. The van der Waals surface area contributed by atoms with Crippen molar-refractivity contribution in [3.8, 4) is 0 Å². The van der Waals surface area contributed by atoms with Gasteiger partial charge < -0.3 is 15.7 Å². The van der Waals surface area contributed by atoms with E-state index >= 15 is 0 Å². The molecule has 1 aliphatic carbocycles. The first-order valence-electron chi connectivity index (χ1n) is 6.29. The summed E-state index contributed by atoms with van der Waals surface area (Å²) in [5.41, 5.74) is 5.55. The molecular formula is C12H22N2O2. The molecule has 1 saturated heterocycles. The van der Waals surface area contributed by atoms with Crippen LogP contribution in [-0.2, 0) is 4.79 Å². The van der Waals surface area contributed by atoms with Crippen LogP contribution in [0.4, 0.5) is 0 Å². The summed E-state index contributed by atoms with van der Waals surface area (Å²) in [6.45, 7) is 3.30. The van der Waals surface area contributed by atoms with Crippen LogP contribution < -0.4 is 5.73 Å². The van der Waals surface area contributed by atoms with Crippen LogP contribution in [0.3, 0.4) is 0 Å². The van der Waals surface area contributed by atoms with Crippen molar-refractivity contribution in [3.05, 3.63) is 0 Å². The Bertz CT molecular complexity index is 274. The second-order valence-electron chi connectivity index (χ2n) is 5.45. The minimum absolute atomic E-state index is 0.101. The van der Waals surface area contributed by atoms with Crippen molar-refractivity contribution >= 4 is 5.91 Å². The van der Waals surface area contributed by atoms with E-state index in [4.69, 9.17) is 5.73 Å². The molecule has 1 amide bonds. The highest BCUT2D eigenvalue weighted by Gasteiger charge is 2.41. The molecule has 2 rings (SSSR count). The molecule has 0 aromatic heterocycles. The van der Waals surface area contributed by atoms with Crippen molar-refractivity contribution < 1.29 is 9.90 Å². The number of amides is 1. The summed E-state index contributed by atoms with van der Waals surface area (Å²) < 4.78 is 0. The van der Waals surface area contributed by atoms with E-state index in [9.17, 15) is 9.90 Å². The number of piperidine rings is 1. The van der Waals surface area contributed by atoms with E-state index in [1.807, 2.05) is 11.8 Å². The maximum Gasteiger partial charge on any atom is 0.242 e. The van der Waals surface area contributed by atoms with Crippen LogP contribution in [0.25, 0.3) is 0 Å². The van der Waals surface area contributed by atoms with Crippen molar-refractivity contribution in [2.45, 2.75) is 50.7 Å². The lowest BCUT2D eigenvalue weighted by molar-refractivity contribution is -0.140. The number of aliphatic hydroxyl groups is 1. The maximum absolute atomic E-state index is 12.3. The van der Waals surface area contributed by atoms with E-state index in [1.165, 1.54) is 0 Å². The monoisotopic (exact) mass is 226 g/mol. The van der Waals surface area contributed by atoms with Gasteiger partial charge in [0, 0.05) is 13.1 Å². The topological polar surface area (TPSA) is 66.6 Å². The quantitative estimate of drug-likeness (QED) is 0.683. The van der Waals surface area contributed by atoms with Crippen LogP contribution in [0, 0.1) is 5.92 Å². The van der Waals surface area contributed by atoms with E-state index in [0.717, 1.165) is 25.7 Å². The third-order valence-electron chi connectivity index (χ3n) is 4.07. The number of nitrogens with two attached hydrogens (primary N) is 1. The molecule has 1 aliphatic heterocycles. The normalized spacial score (nSPS) is 34.1. The molecule has 3 N–H and O–H groups in total. The number of likely N-dealkylation sites (tertiary alicyclic amines) is 1. The van der Waals surface area contributed by atoms with Gasteiger partial charge in [-0.3, -0.25) is 4.79 Å². The lowest BCUT2D eigenvalue weighted by Gasteiger charge is -2.38. The van der Waals surface area contributed by atoms with Gasteiger partial charge in [-0.2, -0.15) is 0 Å². The molecule has 0 aromatic carbocycles. The van der Waals surface area contributed by atoms with E-state index in [2.05, 4.69) is 0 Å². The first kappa shape index (κ1) is 11.9. The molecule has 92 valence electrons. The highest BCUT2D eigenvalue weighted by Crippen LogP contribution is 2.30. The fourth-order valence-electron chi connectivity index (χ4n) is 2.85. The van der Waals surface area contributed by atoms with Crippen LogP contribution in [-0.4, -0.2) is 40.6 Å². The number of aliphatic hydroxyl groups excluding tert-OH is 1. The second-order valence-corrected chi connectivity index (χ2v) is 5.45. The number of hydrogen-bond acceptors (Lipinski definition) is 3. The highest BCUT2D eigenvalue weighted by atomic mass is 16.3. The Balaban J connectivity index is 2.00. The summed E-state index contributed by atoms with van der Waals surface area (Å²) in [4.78, 5) is 14.1. The Morgan fingerprint density at radius 3 is 2.62 bits per heavy atom. The molecule has 0 spiro atoms. The van der Waals surface area contributed by atoms with Gasteiger partial charge in [-0.15, -0.1) is 0 Å². The molecule has 1 saturated carbocycles. The standard InChI is InChI=1S/C12H22N2O2/c1-9-8-14(7-4-10(9)15)11(16)12(13)5-2-3-6-12/h9-10,15H,2-8,13H2,1H3. The summed E-state index contributed by atoms with van der Waals surface area (Å²) in [6, 6.07) is 0. The van der Waals surface area contributed by atoms with Gasteiger partial charge in [0.1, 0.15) is 0 Å². The molecule has 1 heterocycles. The fraction of sp³-hybridized carbons (Fsp3) is 0.917. The average Bonchev–Trinajstić information content (AvgIpc) is 2.70. The highest BCUT2D eigenvalue weighted by molar-refractivity contribution is 5.86. The van der Waals surface area contributed by atoms with E-state index < -0.39 is 5.54 Å². The minimum Gasteiger partial charge on any atom is -0.393 e. The van der Waals surface area contributed by atoms with Crippen LogP contribution >= 0.6 is 0 Å². The Morgan fingerprint density at radius 1 is 1.44 bits per heavy atom. The minimum atomic E-state index is -0.609.